The van der Waals surface area contributed by atoms with E-state index >= 15 is 0 Å². The SMILES string of the molecule is O=[N+]([O-])c1ccc(F)c(S(=O)(=O)Nc2ccc(F)nc2)c1. The second kappa shape index (κ2) is 5.40. The number of nitrogens with zero attached hydrogens (tertiary/aromatic N) is 2. The Hall–Kier alpha value is -2.62. The molecule has 0 spiro atoms. The average molecular weight is 315 g/mol. The van der Waals surface area contributed by atoms with Crippen molar-refractivity contribution in [3.05, 3.63) is 58.4 Å². The van der Waals surface area contributed by atoms with Gasteiger partial charge in [-0.1, -0.05) is 0 Å². The summed E-state index contributed by atoms with van der Waals surface area (Å²) in [7, 11) is -4.40. The van der Waals surface area contributed by atoms with Gasteiger partial charge in [0.15, 0.2) is 0 Å². The fourth-order valence-electron chi connectivity index (χ4n) is 1.46. The molecular formula is C11H7F2N3O4S. The van der Waals surface area contributed by atoms with Crippen LogP contribution in [0, 0.1) is 21.9 Å². The Morgan fingerprint density at radius 1 is 1.19 bits per heavy atom. The number of benzene rings is 1. The second-order valence-electron chi connectivity index (χ2n) is 3.85. The minimum absolute atomic E-state index is 0.109. The van der Waals surface area contributed by atoms with Crippen molar-refractivity contribution < 1.29 is 22.1 Å². The van der Waals surface area contributed by atoms with Gasteiger partial charge in [-0.2, -0.15) is 4.39 Å². The minimum Gasteiger partial charge on any atom is -0.278 e. The molecule has 7 nitrogen and oxygen atoms in total. The number of nitro groups is 1. The molecule has 0 bridgehead atoms. The molecule has 0 aliphatic rings. The summed E-state index contributed by atoms with van der Waals surface area (Å²) in [4.78, 5) is 12.1. The van der Waals surface area contributed by atoms with Crippen LogP contribution in [0.3, 0.4) is 0 Å². The molecule has 1 aromatic heterocycles. The van der Waals surface area contributed by atoms with E-state index in [4.69, 9.17) is 0 Å². The lowest BCUT2D eigenvalue weighted by Gasteiger charge is -2.08. The highest BCUT2D eigenvalue weighted by molar-refractivity contribution is 7.92. The minimum atomic E-state index is -4.40. The fraction of sp³-hybridized carbons (Fsp3) is 0. The van der Waals surface area contributed by atoms with E-state index < -0.39 is 37.3 Å². The predicted molar refractivity (Wildman–Crippen MR) is 68.1 cm³/mol. The van der Waals surface area contributed by atoms with Crippen LogP contribution in [0.25, 0.3) is 0 Å². The summed E-state index contributed by atoms with van der Waals surface area (Å²) in [5.41, 5.74) is -0.684. The second-order valence-corrected chi connectivity index (χ2v) is 5.50. The van der Waals surface area contributed by atoms with Gasteiger partial charge in [-0.3, -0.25) is 14.8 Å². The topological polar surface area (TPSA) is 102 Å². The highest BCUT2D eigenvalue weighted by Crippen LogP contribution is 2.23. The van der Waals surface area contributed by atoms with Gasteiger partial charge < -0.3 is 0 Å². The third-order valence-electron chi connectivity index (χ3n) is 2.39. The van der Waals surface area contributed by atoms with Crippen molar-refractivity contribution in [1.29, 1.82) is 0 Å². The van der Waals surface area contributed by atoms with Crippen LogP contribution in [-0.4, -0.2) is 18.3 Å². The fourth-order valence-corrected chi connectivity index (χ4v) is 2.60. The lowest BCUT2D eigenvalue weighted by molar-refractivity contribution is -0.385. The highest BCUT2D eigenvalue weighted by atomic mass is 32.2. The average Bonchev–Trinajstić information content (AvgIpc) is 2.41. The molecule has 0 aliphatic heterocycles. The molecule has 0 saturated heterocycles. The zero-order valence-corrected chi connectivity index (χ0v) is 11.0. The van der Waals surface area contributed by atoms with E-state index in [2.05, 4.69) is 4.98 Å². The van der Waals surface area contributed by atoms with E-state index in [9.17, 15) is 27.3 Å². The molecular weight excluding hydrogens is 308 g/mol. The summed E-state index contributed by atoms with van der Waals surface area (Å²) >= 11 is 0. The third-order valence-corrected chi connectivity index (χ3v) is 3.79. The van der Waals surface area contributed by atoms with Gasteiger partial charge in [0.1, 0.15) is 10.7 Å². The molecule has 21 heavy (non-hydrogen) atoms. The van der Waals surface area contributed by atoms with E-state index in [1.54, 1.807) is 0 Å². The lowest BCUT2D eigenvalue weighted by atomic mass is 10.3. The molecule has 0 amide bonds. The number of non-ortho nitro benzene ring substituents is 1. The van der Waals surface area contributed by atoms with Gasteiger partial charge in [0, 0.05) is 12.1 Å². The predicted octanol–water partition coefficient (Wildman–Crippen LogP) is 2.07. The van der Waals surface area contributed by atoms with Crippen LogP contribution in [0.5, 0.6) is 0 Å². The smallest absolute Gasteiger partial charge is 0.271 e. The standard InChI is InChI=1S/C11H7F2N3O4S/c12-9-3-2-8(16(17)18)5-10(9)21(19,20)15-7-1-4-11(13)14-6-7/h1-6,15H. The van der Waals surface area contributed by atoms with Crippen molar-refractivity contribution in [3.8, 4) is 0 Å². The highest BCUT2D eigenvalue weighted by Gasteiger charge is 2.22. The Labute approximate surface area is 117 Å². The summed E-state index contributed by atoms with van der Waals surface area (Å²) in [6, 6.07) is 4.09. The summed E-state index contributed by atoms with van der Waals surface area (Å²) in [6.45, 7) is 0. The molecule has 1 aromatic carbocycles. The van der Waals surface area contributed by atoms with Gasteiger partial charge in [-0.15, -0.1) is 0 Å². The normalized spacial score (nSPS) is 11.1. The van der Waals surface area contributed by atoms with Gasteiger partial charge in [-0.05, 0) is 18.2 Å². The number of sulfonamides is 1. The zero-order chi connectivity index (χ0) is 15.6. The number of aromatic nitrogens is 1. The molecule has 10 heteroatoms. The Morgan fingerprint density at radius 2 is 1.90 bits per heavy atom. The Balaban J connectivity index is 2.41. The monoisotopic (exact) mass is 315 g/mol. The molecule has 1 heterocycles. The van der Waals surface area contributed by atoms with Gasteiger partial charge in [0.05, 0.1) is 16.8 Å². The van der Waals surface area contributed by atoms with Crippen molar-refractivity contribution in [2.45, 2.75) is 4.90 Å². The van der Waals surface area contributed by atoms with Crippen molar-refractivity contribution in [2.24, 2.45) is 0 Å². The van der Waals surface area contributed by atoms with Crippen molar-refractivity contribution in [1.82, 2.24) is 4.98 Å². The molecule has 2 aromatic rings. The van der Waals surface area contributed by atoms with Gasteiger partial charge in [-0.25, -0.2) is 17.8 Å². The number of rotatable bonds is 4. The van der Waals surface area contributed by atoms with Crippen LogP contribution in [0.1, 0.15) is 0 Å². The van der Waals surface area contributed by atoms with E-state index in [0.717, 1.165) is 24.4 Å². The van der Waals surface area contributed by atoms with Crippen LogP contribution < -0.4 is 4.72 Å². The van der Waals surface area contributed by atoms with Crippen LogP contribution in [0.2, 0.25) is 0 Å². The molecule has 0 radical (unpaired) electrons. The van der Waals surface area contributed by atoms with E-state index in [1.165, 1.54) is 0 Å². The molecule has 0 aliphatic carbocycles. The van der Waals surface area contributed by atoms with Crippen molar-refractivity contribution >= 4 is 21.4 Å². The summed E-state index contributed by atoms with van der Waals surface area (Å²) < 4.78 is 52.1. The zero-order valence-electron chi connectivity index (χ0n) is 10.2. The van der Waals surface area contributed by atoms with Crippen molar-refractivity contribution in [3.63, 3.8) is 0 Å². The Bertz CT molecular complexity index is 794. The van der Waals surface area contributed by atoms with E-state index in [0.29, 0.717) is 12.1 Å². The summed E-state index contributed by atoms with van der Waals surface area (Å²) in [5.74, 6) is -1.97. The number of pyridine rings is 1. The van der Waals surface area contributed by atoms with Crippen molar-refractivity contribution in [2.75, 3.05) is 4.72 Å². The first-order valence-electron chi connectivity index (χ1n) is 5.38. The largest absolute Gasteiger partial charge is 0.278 e. The van der Waals surface area contributed by atoms with Gasteiger partial charge in [0.25, 0.3) is 15.7 Å². The van der Waals surface area contributed by atoms with Crippen LogP contribution in [-0.2, 0) is 10.0 Å². The van der Waals surface area contributed by atoms with Crippen LogP contribution >= 0.6 is 0 Å². The first kappa shape index (κ1) is 14.8. The molecule has 0 fully saturated rings. The van der Waals surface area contributed by atoms with E-state index in [1.807, 2.05) is 4.72 Å². The number of nitrogens with one attached hydrogen (secondary N) is 1. The molecule has 2 rings (SSSR count). The first-order valence-corrected chi connectivity index (χ1v) is 6.86. The summed E-state index contributed by atoms with van der Waals surface area (Å²) in [6.07, 6.45) is 0.891. The quantitative estimate of drug-likeness (QED) is 0.528. The number of hydrogen-bond acceptors (Lipinski definition) is 5. The molecule has 110 valence electrons. The maximum atomic E-state index is 13.6. The molecule has 1 N–H and O–H groups in total. The number of nitro benzene ring substituents is 1. The molecule has 0 unspecified atom stereocenters. The first-order chi connectivity index (χ1) is 9.79. The molecule has 0 atom stereocenters. The number of hydrogen-bond donors (Lipinski definition) is 1. The van der Waals surface area contributed by atoms with Gasteiger partial charge in [0.2, 0.25) is 5.95 Å². The maximum Gasteiger partial charge on any atom is 0.271 e. The van der Waals surface area contributed by atoms with Crippen LogP contribution in [0.15, 0.2) is 41.4 Å². The number of halogens is 2. The lowest BCUT2D eigenvalue weighted by Crippen LogP contribution is -2.15. The Kier molecular flexibility index (Phi) is 3.80. The Morgan fingerprint density at radius 3 is 2.48 bits per heavy atom. The summed E-state index contributed by atoms with van der Waals surface area (Å²) in [5, 5.41) is 10.6. The number of anilines is 1. The maximum absolute atomic E-state index is 13.6. The van der Waals surface area contributed by atoms with Crippen LogP contribution in [0.4, 0.5) is 20.2 Å². The van der Waals surface area contributed by atoms with E-state index in [-0.39, 0.29) is 5.69 Å². The third kappa shape index (κ3) is 3.28. The molecule has 0 saturated carbocycles. The van der Waals surface area contributed by atoms with Gasteiger partial charge >= 0.3 is 0 Å².